The number of amides is 2. The van der Waals surface area contributed by atoms with Gasteiger partial charge < -0.3 is 20.3 Å². The molecule has 0 atom stereocenters. The zero-order valence-electron chi connectivity index (χ0n) is 14.7. The highest BCUT2D eigenvalue weighted by molar-refractivity contribution is 5.85. The summed E-state index contributed by atoms with van der Waals surface area (Å²) in [4.78, 5) is 26.6. The number of halogens is 1. The van der Waals surface area contributed by atoms with Gasteiger partial charge in [-0.15, -0.1) is 12.4 Å². The van der Waals surface area contributed by atoms with Crippen molar-refractivity contribution in [2.24, 2.45) is 5.41 Å². The Kier molecular flexibility index (Phi) is 6.02. The second kappa shape index (κ2) is 7.48. The first-order valence-corrected chi connectivity index (χ1v) is 8.92. The Balaban J connectivity index is 0.00000208. The first kappa shape index (κ1) is 19.3. The van der Waals surface area contributed by atoms with Gasteiger partial charge in [0.2, 0.25) is 0 Å². The first-order valence-electron chi connectivity index (χ1n) is 8.92. The van der Waals surface area contributed by atoms with Crippen LogP contribution in [0.5, 0.6) is 0 Å². The summed E-state index contributed by atoms with van der Waals surface area (Å²) in [5.41, 5.74) is -0.377. The Labute approximate surface area is 150 Å². The van der Waals surface area contributed by atoms with Gasteiger partial charge >= 0.3 is 12.0 Å². The summed E-state index contributed by atoms with van der Waals surface area (Å²) >= 11 is 0. The van der Waals surface area contributed by atoms with E-state index in [0.29, 0.717) is 0 Å². The van der Waals surface area contributed by atoms with Crippen LogP contribution in [-0.2, 0) is 9.53 Å². The molecule has 138 valence electrons. The Hall–Kier alpha value is -1.01. The van der Waals surface area contributed by atoms with Crippen LogP contribution in [0.15, 0.2) is 0 Å². The van der Waals surface area contributed by atoms with E-state index in [0.717, 1.165) is 64.6 Å². The Morgan fingerprint density at radius 2 is 1.88 bits per heavy atom. The number of carbonyl (C=O) groups is 2. The minimum Gasteiger partial charge on any atom is -0.469 e. The molecule has 2 amide bonds. The number of rotatable bonds is 3. The van der Waals surface area contributed by atoms with E-state index in [9.17, 15) is 9.59 Å². The normalized spacial score (nSPS) is 32.2. The molecule has 2 N–H and O–H groups in total. The van der Waals surface area contributed by atoms with Crippen molar-refractivity contribution >= 4 is 24.4 Å². The topological polar surface area (TPSA) is 70.7 Å². The maximum absolute atomic E-state index is 12.5. The van der Waals surface area contributed by atoms with Crippen LogP contribution in [0.3, 0.4) is 0 Å². The van der Waals surface area contributed by atoms with Gasteiger partial charge in [-0.2, -0.15) is 0 Å². The summed E-state index contributed by atoms with van der Waals surface area (Å²) in [5.74, 6) is -0.0841. The first-order chi connectivity index (χ1) is 11.0. The predicted molar refractivity (Wildman–Crippen MR) is 94.3 cm³/mol. The molecule has 3 aliphatic rings. The molecule has 0 radical (unpaired) electrons. The van der Waals surface area contributed by atoms with E-state index in [1.54, 1.807) is 0 Å². The highest BCUT2D eigenvalue weighted by Gasteiger charge is 2.48. The van der Waals surface area contributed by atoms with Crippen LogP contribution in [0.25, 0.3) is 0 Å². The van der Waals surface area contributed by atoms with Crippen molar-refractivity contribution in [1.29, 1.82) is 0 Å². The van der Waals surface area contributed by atoms with E-state index in [4.69, 9.17) is 4.74 Å². The van der Waals surface area contributed by atoms with E-state index in [2.05, 4.69) is 17.6 Å². The maximum atomic E-state index is 12.5. The Bertz CT molecular complexity index is 472. The van der Waals surface area contributed by atoms with Crippen LogP contribution >= 0.6 is 12.4 Å². The number of urea groups is 1. The van der Waals surface area contributed by atoms with E-state index in [-0.39, 0.29) is 41.4 Å². The van der Waals surface area contributed by atoms with Crippen molar-refractivity contribution in [1.82, 2.24) is 15.5 Å². The van der Waals surface area contributed by atoms with Crippen LogP contribution in [0.2, 0.25) is 0 Å². The smallest absolute Gasteiger partial charge is 0.318 e. The van der Waals surface area contributed by atoms with Crippen molar-refractivity contribution in [3.05, 3.63) is 0 Å². The highest BCUT2D eigenvalue weighted by Crippen LogP contribution is 2.42. The summed E-state index contributed by atoms with van der Waals surface area (Å²) < 4.78 is 5.02. The number of carbonyl (C=O) groups excluding carboxylic acids is 2. The summed E-state index contributed by atoms with van der Waals surface area (Å²) in [6.07, 6.45) is 6.24. The fourth-order valence-corrected chi connectivity index (χ4v) is 4.60. The number of nitrogens with one attached hydrogen (secondary N) is 2. The second-order valence-corrected chi connectivity index (χ2v) is 7.45. The van der Waals surface area contributed by atoms with Gasteiger partial charge in [0.15, 0.2) is 0 Å². The van der Waals surface area contributed by atoms with Gasteiger partial charge in [-0.1, -0.05) is 6.92 Å². The third-order valence-corrected chi connectivity index (χ3v) is 6.31. The molecule has 0 aromatic carbocycles. The predicted octanol–water partition coefficient (Wildman–Crippen LogP) is 2.07. The molecular formula is C17H30ClN3O3. The molecule has 1 aliphatic carbocycles. The molecule has 0 bridgehead atoms. The number of methoxy groups -OCH3 is 1. The molecule has 3 fully saturated rings. The molecule has 2 saturated heterocycles. The number of esters is 1. The quantitative estimate of drug-likeness (QED) is 0.757. The van der Waals surface area contributed by atoms with Crippen molar-refractivity contribution in [2.75, 3.05) is 26.7 Å². The minimum absolute atomic E-state index is 0. The summed E-state index contributed by atoms with van der Waals surface area (Å²) in [6.45, 7) is 4.82. The number of piperidine rings is 1. The monoisotopic (exact) mass is 359 g/mol. The average Bonchev–Trinajstić information content (AvgIpc) is 2.90. The van der Waals surface area contributed by atoms with Crippen molar-refractivity contribution in [2.45, 2.75) is 63.5 Å². The van der Waals surface area contributed by atoms with Crippen LogP contribution in [0.1, 0.15) is 51.9 Å². The number of hydrogen-bond acceptors (Lipinski definition) is 4. The molecule has 24 heavy (non-hydrogen) atoms. The number of ether oxygens (including phenoxy) is 1. The molecule has 0 aromatic rings. The highest BCUT2D eigenvalue weighted by atomic mass is 35.5. The molecular weight excluding hydrogens is 330 g/mol. The maximum Gasteiger partial charge on any atom is 0.318 e. The third kappa shape index (κ3) is 3.36. The van der Waals surface area contributed by atoms with E-state index >= 15 is 0 Å². The number of hydrogen-bond donors (Lipinski definition) is 2. The SMILES string of the molecule is CCC1(C(=O)OC)CCC(N2CC3(CCNCC3)NC2=O)CC1.Cl. The standard InChI is InChI=1S/C17H29N3O3.ClH/c1-3-16(14(21)23-2)6-4-13(5-7-16)20-12-17(19-15(20)22)8-10-18-11-9-17;/h13,18H,3-12H2,1-2H3,(H,19,22);1H. The van der Waals surface area contributed by atoms with Crippen molar-refractivity contribution in [3.8, 4) is 0 Å². The minimum atomic E-state index is -0.339. The molecule has 0 unspecified atom stereocenters. The van der Waals surface area contributed by atoms with Gasteiger partial charge in [0.05, 0.1) is 18.1 Å². The van der Waals surface area contributed by atoms with Crippen LogP contribution in [0, 0.1) is 5.41 Å². The van der Waals surface area contributed by atoms with Gasteiger partial charge in [-0.25, -0.2) is 4.79 Å². The van der Waals surface area contributed by atoms with Crippen molar-refractivity contribution in [3.63, 3.8) is 0 Å². The fraction of sp³-hybridized carbons (Fsp3) is 0.882. The molecule has 6 nitrogen and oxygen atoms in total. The van der Waals surface area contributed by atoms with E-state index in [1.807, 2.05) is 4.90 Å². The molecule has 7 heteroatoms. The molecule has 3 rings (SSSR count). The molecule has 0 aromatic heterocycles. The van der Waals surface area contributed by atoms with Crippen LogP contribution < -0.4 is 10.6 Å². The van der Waals surface area contributed by atoms with Gasteiger partial charge in [-0.05, 0) is 58.0 Å². The van der Waals surface area contributed by atoms with Gasteiger partial charge in [0.1, 0.15) is 0 Å². The Morgan fingerprint density at radius 1 is 1.25 bits per heavy atom. The lowest BCUT2D eigenvalue weighted by molar-refractivity contribution is -0.155. The third-order valence-electron chi connectivity index (χ3n) is 6.31. The summed E-state index contributed by atoms with van der Waals surface area (Å²) in [6, 6.07) is 0.340. The largest absolute Gasteiger partial charge is 0.469 e. The summed E-state index contributed by atoms with van der Waals surface area (Å²) in [5, 5.41) is 6.60. The zero-order valence-corrected chi connectivity index (χ0v) is 15.5. The zero-order chi connectivity index (χ0) is 16.5. The second-order valence-electron chi connectivity index (χ2n) is 7.45. The molecule has 2 aliphatic heterocycles. The van der Waals surface area contributed by atoms with E-state index in [1.165, 1.54) is 7.11 Å². The van der Waals surface area contributed by atoms with Crippen LogP contribution in [0.4, 0.5) is 4.79 Å². The lowest BCUT2D eigenvalue weighted by Crippen LogP contribution is -2.51. The lowest BCUT2D eigenvalue weighted by atomic mass is 9.70. The van der Waals surface area contributed by atoms with Gasteiger partial charge in [0.25, 0.3) is 0 Å². The molecule has 1 saturated carbocycles. The number of nitrogens with zero attached hydrogens (tertiary/aromatic N) is 1. The van der Waals surface area contributed by atoms with Gasteiger partial charge in [0, 0.05) is 12.6 Å². The van der Waals surface area contributed by atoms with Gasteiger partial charge in [-0.3, -0.25) is 4.79 Å². The lowest BCUT2D eigenvalue weighted by Gasteiger charge is -2.40. The molecule has 2 heterocycles. The molecule has 1 spiro atoms. The fourth-order valence-electron chi connectivity index (χ4n) is 4.60. The van der Waals surface area contributed by atoms with Crippen LogP contribution in [-0.4, -0.2) is 55.2 Å². The summed E-state index contributed by atoms with van der Waals surface area (Å²) in [7, 11) is 1.47. The average molecular weight is 360 g/mol. The van der Waals surface area contributed by atoms with E-state index < -0.39 is 0 Å². The van der Waals surface area contributed by atoms with Crippen molar-refractivity contribution < 1.29 is 14.3 Å². The Morgan fingerprint density at radius 3 is 2.42 bits per heavy atom.